The Balaban J connectivity index is 3.29. The summed E-state index contributed by atoms with van der Waals surface area (Å²) >= 11 is 0. The van der Waals surface area contributed by atoms with E-state index in [0.717, 1.165) is 6.42 Å². The Morgan fingerprint density at radius 1 is 1.38 bits per heavy atom. The lowest BCUT2D eigenvalue weighted by atomic mass is 10.0. The first kappa shape index (κ1) is 12.1. The molecule has 0 aromatic heterocycles. The van der Waals surface area contributed by atoms with E-state index in [2.05, 4.69) is 4.84 Å². The maximum atomic E-state index is 12.4. The van der Waals surface area contributed by atoms with E-state index < -0.39 is 11.3 Å². The highest BCUT2D eigenvalue weighted by atomic mass is 19.1. The highest BCUT2D eigenvalue weighted by Gasteiger charge is 2.06. The van der Waals surface area contributed by atoms with Gasteiger partial charge in [0.2, 0.25) is 0 Å². The summed E-state index contributed by atoms with van der Waals surface area (Å²) in [6.45, 7) is 3.56. The average molecular weight is 193 g/mol. The Morgan fingerprint density at radius 3 is 2.46 bits per heavy atom. The summed E-state index contributed by atoms with van der Waals surface area (Å²) < 4.78 is 12.4. The van der Waals surface area contributed by atoms with E-state index >= 15 is 0 Å². The van der Waals surface area contributed by atoms with Gasteiger partial charge in [-0.15, -0.1) is 10.1 Å². The van der Waals surface area contributed by atoms with Gasteiger partial charge in [0, 0.05) is 0 Å². The molecule has 4 nitrogen and oxygen atoms in total. The van der Waals surface area contributed by atoms with Crippen molar-refractivity contribution in [3.8, 4) is 0 Å². The average Bonchev–Trinajstić information content (AvgIpc) is 2.00. The maximum absolute atomic E-state index is 12.4. The largest absolute Gasteiger partial charge is 0.314 e. The van der Waals surface area contributed by atoms with Crippen LogP contribution in [0.4, 0.5) is 4.39 Å². The second-order valence-electron chi connectivity index (χ2n) is 3.31. The topological polar surface area (TPSA) is 52.4 Å². The lowest BCUT2D eigenvalue weighted by molar-refractivity contribution is -0.758. The van der Waals surface area contributed by atoms with Crippen molar-refractivity contribution in [1.29, 1.82) is 0 Å². The van der Waals surface area contributed by atoms with Crippen LogP contribution in [0.2, 0.25) is 0 Å². The summed E-state index contributed by atoms with van der Waals surface area (Å²) in [6.07, 6.45) is 1.07. The van der Waals surface area contributed by atoms with Crippen LogP contribution in [-0.4, -0.2) is 17.9 Å². The fourth-order valence-electron chi connectivity index (χ4n) is 0.987. The third-order valence-corrected chi connectivity index (χ3v) is 1.86. The van der Waals surface area contributed by atoms with Crippen molar-refractivity contribution in [3.05, 3.63) is 10.1 Å². The zero-order valence-electron chi connectivity index (χ0n) is 8.03. The third-order valence-electron chi connectivity index (χ3n) is 1.86. The molecule has 0 saturated heterocycles. The van der Waals surface area contributed by atoms with Crippen LogP contribution < -0.4 is 0 Å². The molecule has 0 aliphatic carbocycles. The number of nitrogens with zero attached hydrogens (tertiary/aromatic N) is 1. The van der Waals surface area contributed by atoms with Crippen molar-refractivity contribution >= 4 is 0 Å². The summed E-state index contributed by atoms with van der Waals surface area (Å²) in [5, 5.41) is 8.97. The van der Waals surface area contributed by atoms with Gasteiger partial charge in [-0.25, -0.2) is 4.39 Å². The van der Waals surface area contributed by atoms with Gasteiger partial charge in [0.25, 0.3) is 5.09 Å². The normalized spacial score (nSPS) is 15.0. The van der Waals surface area contributed by atoms with Gasteiger partial charge in [0.1, 0.15) is 0 Å². The lowest BCUT2D eigenvalue weighted by Gasteiger charge is -2.10. The molecule has 0 bridgehead atoms. The Bertz CT molecular complexity index is 152. The van der Waals surface area contributed by atoms with Gasteiger partial charge in [-0.05, 0) is 32.1 Å². The van der Waals surface area contributed by atoms with Crippen LogP contribution >= 0.6 is 0 Å². The first-order valence-corrected chi connectivity index (χ1v) is 4.43. The monoisotopic (exact) mass is 193 g/mol. The van der Waals surface area contributed by atoms with E-state index in [0.29, 0.717) is 12.8 Å². The Hall–Kier alpha value is -0.870. The van der Waals surface area contributed by atoms with Crippen LogP contribution in [0, 0.1) is 16.0 Å². The van der Waals surface area contributed by atoms with E-state index in [1.54, 1.807) is 0 Å². The molecule has 13 heavy (non-hydrogen) atoms. The zero-order valence-corrected chi connectivity index (χ0v) is 8.03. The number of hydrogen-bond donors (Lipinski definition) is 0. The second kappa shape index (κ2) is 6.62. The highest BCUT2D eigenvalue weighted by Crippen LogP contribution is 2.13. The lowest BCUT2D eigenvalue weighted by Crippen LogP contribution is -2.07. The van der Waals surface area contributed by atoms with Crippen LogP contribution in [0.1, 0.15) is 33.1 Å². The van der Waals surface area contributed by atoms with Gasteiger partial charge in [0.05, 0.1) is 12.8 Å². The first-order chi connectivity index (χ1) is 6.02. The predicted molar refractivity (Wildman–Crippen MR) is 46.5 cm³/mol. The maximum Gasteiger partial charge on any atom is 0.294 e. The minimum atomic E-state index is -0.801. The van der Waals surface area contributed by atoms with Crippen molar-refractivity contribution in [2.75, 3.05) is 6.61 Å². The van der Waals surface area contributed by atoms with Crippen molar-refractivity contribution < 1.29 is 14.3 Å². The summed E-state index contributed by atoms with van der Waals surface area (Å²) in [6, 6.07) is 0. The Kier molecular flexibility index (Phi) is 6.18. The summed E-state index contributed by atoms with van der Waals surface area (Å²) in [7, 11) is 0. The van der Waals surface area contributed by atoms with Crippen LogP contribution in [0.3, 0.4) is 0 Å². The first-order valence-electron chi connectivity index (χ1n) is 4.43. The molecule has 0 aliphatic heterocycles. The van der Waals surface area contributed by atoms with Gasteiger partial charge in [0.15, 0.2) is 0 Å². The molecule has 0 fully saturated rings. The third kappa shape index (κ3) is 9.04. The minimum Gasteiger partial charge on any atom is -0.314 e. The molecule has 0 saturated carbocycles. The van der Waals surface area contributed by atoms with Gasteiger partial charge in [-0.1, -0.05) is 6.92 Å². The fraction of sp³-hybridized carbons (Fsp3) is 1.00. The molecular weight excluding hydrogens is 177 g/mol. The van der Waals surface area contributed by atoms with Gasteiger partial charge in [-0.3, -0.25) is 0 Å². The number of alkyl halides is 1. The van der Waals surface area contributed by atoms with Gasteiger partial charge >= 0.3 is 0 Å². The molecule has 0 N–H and O–H groups in total. The standard InChI is InChI=1S/C8H16FNO3/c1-7(3-4-8(2)9)5-6-13-10(11)12/h7-8H,3-6H2,1-2H3. The Morgan fingerprint density at radius 2 is 2.00 bits per heavy atom. The summed E-state index contributed by atoms with van der Waals surface area (Å²) in [5.41, 5.74) is 0. The van der Waals surface area contributed by atoms with E-state index in [-0.39, 0.29) is 12.5 Å². The van der Waals surface area contributed by atoms with Crippen molar-refractivity contribution in [1.82, 2.24) is 0 Å². The van der Waals surface area contributed by atoms with E-state index in [1.807, 2.05) is 6.92 Å². The molecule has 0 aliphatic rings. The predicted octanol–water partition coefficient (Wildman–Crippen LogP) is 2.36. The molecule has 2 atom stereocenters. The summed E-state index contributed by atoms with van der Waals surface area (Å²) in [5.74, 6) is 0.276. The van der Waals surface area contributed by atoms with E-state index in [9.17, 15) is 14.5 Å². The molecule has 0 amide bonds. The van der Waals surface area contributed by atoms with Crippen LogP contribution in [-0.2, 0) is 4.84 Å². The van der Waals surface area contributed by atoms with Crippen molar-refractivity contribution in [2.24, 2.45) is 5.92 Å². The van der Waals surface area contributed by atoms with Crippen LogP contribution in [0.15, 0.2) is 0 Å². The van der Waals surface area contributed by atoms with Crippen LogP contribution in [0.25, 0.3) is 0 Å². The van der Waals surface area contributed by atoms with E-state index in [1.165, 1.54) is 6.92 Å². The number of rotatable bonds is 7. The number of halogens is 1. The van der Waals surface area contributed by atoms with Crippen molar-refractivity contribution in [3.63, 3.8) is 0 Å². The molecule has 0 aromatic carbocycles. The molecule has 0 radical (unpaired) electrons. The van der Waals surface area contributed by atoms with Gasteiger partial charge in [-0.2, -0.15) is 0 Å². The number of hydrogen-bond acceptors (Lipinski definition) is 3. The molecule has 2 unspecified atom stereocenters. The SMILES string of the molecule is CC(F)CCC(C)CCO[N+](=O)[O-]. The quantitative estimate of drug-likeness (QED) is 0.460. The van der Waals surface area contributed by atoms with Crippen LogP contribution in [0.5, 0.6) is 0 Å². The van der Waals surface area contributed by atoms with E-state index in [4.69, 9.17) is 0 Å². The molecule has 0 heterocycles. The fourth-order valence-corrected chi connectivity index (χ4v) is 0.987. The molecule has 5 heteroatoms. The van der Waals surface area contributed by atoms with Gasteiger partial charge < -0.3 is 4.84 Å². The second-order valence-corrected chi connectivity index (χ2v) is 3.31. The highest BCUT2D eigenvalue weighted by molar-refractivity contribution is 4.55. The minimum absolute atomic E-state index is 0.106. The zero-order chi connectivity index (χ0) is 10.3. The molecule has 0 aromatic rings. The molecule has 0 rings (SSSR count). The molecule has 78 valence electrons. The molecular formula is C8H16FNO3. The summed E-state index contributed by atoms with van der Waals surface area (Å²) in [4.78, 5) is 13.9. The smallest absolute Gasteiger partial charge is 0.294 e. The Labute approximate surface area is 77.2 Å². The molecule has 0 spiro atoms. The van der Waals surface area contributed by atoms with Crippen molar-refractivity contribution in [2.45, 2.75) is 39.3 Å².